The maximum absolute atomic E-state index is 2.34. The van der Waals surface area contributed by atoms with E-state index in [2.05, 4.69) is 37.4 Å². The molecule has 1 aliphatic rings. The lowest BCUT2D eigenvalue weighted by Crippen LogP contribution is -2.21. The van der Waals surface area contributed by atoms with E-state index in [9.17, 15) is 0 Å². The second-order valence-corrected chi connectivity index (χ2v) is 9.37. The van der Waals surface area contributed by atoms with Gasteiger partial charge in [-0.25, -0.2) is 0 Å². The van der Waals surface area contributed by atoms with E-state index < -0.39 is 0 Å². The Hall–Kier alpha value is 0.700. The molecule has 0 N–H and O–H groups in total. The summed E-state index contributed by atoms with van der Waals surface area (Å²) in [5.41, 5.74) is 0. The molecule has 0 amide bonds. The summed E-state index contributed by atoms with van der Waals surface area (Å²) in [6.45, 7) is 4.67. The Labute approximate surface area is 130 Å². The maximum atomic E-state index is 2.34. The lowest BCUT2D eigenvalue weighted by molar-refractivity contribution is 0.549. The molecule has 1 aliphatic carbocycles. The van der Waals surface area contributed by atoms with Gasteiger partial charge in [-0.05, 0) is 24.3 Å². The molecule has 0 nitrogen and oxygen atoms in total. The highest BCUT2D eigenvalue weighted by Gasteiger charge is 2.28. The van der Waals surface area contributed by atoms with E-state index in [4.69, 9.17) is 0 Å². The molecule has 0 aromatic carbocycles. The Kier molecular flexibility index (Phi) is 10.6. The molecule has 0 aromatic heterocycles. The minimum Gasteiger partial charge on any atom is -0.145 e. The van der Waals surface area contributed by atoms with Crippen molar-refractivity contribution in [3.63, 3.8) is 0 Å². The third-order valence-electron chi connectivity index (χ3n) is 4.18. The summed E-state index contributed by atoms with van der Waals surface area (Å²) < 4.78 is 0.553. The lowest BCUT2D eigenvalue weighted by atomic mass is 10.1. The fraction of sp³-hybridized carbons (Fsp3) is 1.00. The van der Waals surface area contributed by atoms with Crippen molar-refractivity contribution in [2.75, 3.05) is 11.5 Å². The molecule has 0 aliphatic heterocycles. The third-order valence-corrected chi connectivity index (χ3v) is 7.33. The zero-order valence-corrected chi connectivity index (χ0v) is 14.8. The Bertz CT molecular complexity index is 181. The summed E-state index contributed by atoms with van der Waals surface area (Å²) in [5, 5.41) is 0. The monoisotopic (exact) mass is 302 g/mol. The molecule has 2 heteroatoms. The Morgan fingerprint density at radius 1 is 0.579 bits per heavy atom. The highest BCUT2D eigenvalue weighted by atomic mass is 32.2. The van der Waals surface area contributed by atoms with Crippen LogP contribution < -0.4 is 0 Å². The minimum absolute atomic E-state index is 0.553. The van der Waals surface area contributed by atoms with Crippen LogP contribution in [0.25, 0.3) is 0 Å². The number of hydrogen-bond acceptors (Lipinski definition) is 2. The number of hydrogen-bond donors (Lipinski definition) is 0. The van der Waals surface area contributed by atoms with Gasteiger partial charge < -0.3 is 0 Å². The first-order chi connectivity index (χ1) is 9.33. The zero-order valence-electron chi connectivity index (χ0n) is 13.2. The van der Waals surface area contributed by atoms with Gasteiger partial charge in [-0.15, -0.1) is 23.5 Å². The molecule has 0 saturated heterocycles. The Morgan fingerprint density at radius 2 is 0.895 bits per heavy atom. The maximum Gasteiger partial charge on any atom is 0.0610 e. The summed E-state index contributed by atoms with van der Waals surface area (Å²) in [4.78, 5) is 0. The van der Waals surface area contributed by atoms with Crippen LogP contribution in [0.4, 0.5) is 0 Å². The summed E-state index contributed by atoms with van der Waals surface area (Å²) in [5.74, 6) is 2.57. The van der Waals surface area contributed by atoms with Crippen molar-refractivity contribution < 1.29 is 0 Å². The summed E-state index contributed by atoms with van der Waals surface area (Å²) in [6, 6.07) is 0. The van der Waals surface area contributed by atoms with Gasteiger partial charge in [0.1, 0.15) is 0 Å². The van der Waals surface area contributed by atoms with Gasteiger partial charge in [0.2, 0.25) is 0 Å². The molecule has 1 fully saturated rings. The van der Waals surface area contributed by atoms with Crippen molar-refractivity contribution in [2.24, 2.45) is 0 Å². The van der Waals surface area contributed by atoms with Gasteiger partial charge >= 0.3 is 0 Å². The topological polar surface area (TPSA) is 0 Å². The van der Waals surface area contributed by atoms with Crippen LogP contribution in [-0.4, -0.2) is 15.6 Å². The summed E-state index contributed by atoms with van der Waals surface area (Å²) in [6.07, 6.45) is 17.6. The van der Waals surface area contributed by atoms with Gasteiger partial charge in [-0.1, -0.05) is 78.1 Å². The van der Waals surface area contributed by atoms with Crippen LogP contribution in [0, 0.1) is 0 Å². The largest absolute Gasteiger partial charge is 0.145 e. The van der Waals surface area contributed by atoms with E-state index >= 15 is 0 Å². The Morgan fingerprint density at radius 3 is 1.21 bits per heavy atom. The van der Waals surface area contributed by atoms with Gasteiger partial charge in [-0.2, -0.15) is 0 Å². The van der Waals surface area contributed by atoms with Crippen LogP contribution in [0.1, 0.15) is 90.9 Å². The van der Waals surface area contributed by atoms with Crippen LogP contribution >= 0.6 is 23.5 Å². The van der Waals surface area contributed by atoms with Crippen molar-refractivity contribution >= 4 is 23.5 Å². The van der Waals surface area contributed by atoms with Gasteiger partial charge in [0, 0.05) is 0 Å². The van der Waals surface area contributed by atoms with E-state index in [1.54, 1.807) is 0 Å². The van der Waals surface area contributed by atoms with Crippen LogP contribution in [0.2, 0.25) is 0 Å². The van der Waals surface area contributed by atoms with Crippen LogP contribution in [0.5, 0.6) is 0 Å². The lowest BCUT2D eigenvalue weighted by Gasteiger charge is -2.32. The zero-order chi connectivity index (χ0) is 13.8. The molecular formula is C17H34S2. The fourth-order valence-corrected chi connectivity index (χ4v) is 6.43. The average molecular weight is 303 g/mol. The third kappa shape index (κ3) is 7.90. The molecular weight excluding hydrogens is 268 g/mol. The average Bonchev–Trinajstić information content (AvgIpc) is 2.42. The van der Waals surface area contributed by atoms with Crippen molar-refractivity contribution in [3.8, 4) is 0 Å². The first-order valence-corrected chi connectivity index (χ1v) is 10.6. The van der Waals surface area contributed by atoms with Crippen molar-refractivity contribution in [3.05, 3.63) is 0 Å². The van der Waals surface area contributed by atoms with Crippen LogP contribution in [-0.2, 0) is 0 Å². The molecule has 0 unspecified atom stereocenters. The molecule has 0 radical (unpaired) electrons. The minimum atomic E-state index is 0.553. The van der Waals surface area contributed by atoms with Gasteiger partial charge in [0.15, 0.2) is 0 Å². The fourth-order valence-electron chi connectivity index (χ4n) is 3.18. The SMILES string of the molecule is CCSC1(SCC)CCCCCCCCCCCC1. The van der Waals surface area contributed by atoms with E-state index in [0.29, 0.717) is 4.08 Å². The summed E-state index contributed by atoms with van der Waals surface area (Å²) in [7, 11) is 0. The highest BCUT2D eigenvalue weighted by Crippen LogP contribution is 2.45. The van der Waals surface area contributed by atoms with Crippen molar-refractivity contribution in [1.82, 2.24) is 0 Å². The first-order valence-electron chi connectivity index (χ1n) is 8.61. The molecule has 0 atom stereocenters. The predicted octanol–water partition coefficient (Wildman–Crippen LogP) is 6.88. The molecule has 19 heavy (non-hydrogen) atoms. The molecule has 1 rings (SSSR count). The molecule has 0 spiro atoms. The molecule has 0 bridgehead atoms. The van der Waals surface area contributed by atoms with Crippen molar-refractivity contribution in [2.45, 2.75) is 95.0 Å². The second-order valence-electron chi connectivity index (χ2n) is 5.81. The first kappa shape index (κ1) is 17.8. The van der Waals surface area contributed by atoms with Gasteiger partial charge in [0.25, 0.3) is 0 Å². The van der Waals surface area contributed by atoms with E-state index in [-0.39, 0.29) is 0 Å². The van der Waals surface area contributed by atoms with Crippen LogP contribution in [0.15, 0.2) is 0 Å². The quantitative estimate of drug-likeness (QED) is 0.519. The summed E-state index contributed by atoms with van der Waals surface area (Å²) >= 11 is 4.49. The molecule has 0 heterocycles. The Balaban J connectivity index is 2.51. The smallest absolute Gasteiger partial charge is 0.0610 e. The van der Waals surface area contributed by atoms with E-state index in [1.807, 2.05) is 0 Å². The van der Waals surface area contributed by atoms with Gasteiger partial charge in [0.05, 0.1) is 4.08 Å². The van der Waals surface area contributed by atoms with Gasteiger partial charge in [-0.3, -0.25) is 0 Å². The van der Waals surface area contributed by atoms with Crippen molar-refractivity contribution in [1.29, 1.82) is 0 Å². The normalized spacial score (nSPS) is 23.1. The van der Waals surface area contributed by atoms with Crippen LogP contribution in [0.3, 0.4) is 0 Å². The second kappa shape index (κ2) is 11.4. The van der Waals surface area contributed by atoms with E-state index in [1.165, 1.54) is 88.6 Å². The highest BCUT2D eigenvalue weighted by molar-refractivity contribution is 8.18. The number of thioether (sulfide) groups is 2. The number of rotatable bonds is 4. The predicted molar refractivity (Wildman–Crippen MR) is 94.4 cm³/mol. The standard InChI is InChI=1S/C17H34S2/c1-3-18-17(19-4-2)15-13-11-9-7-5-6-8-10-12-14-16-17/h3-16H2,1-2H3. The molecule has 0 aromatic rings. The van der Waals surface area contributed by atoms with E-state index in [0.717, 1.165) is 0 Å². The molecule has 1 saturated carbocycles. The molecule has 114 valence electrons.